The van der Waals surface area contributed by atoms with Crippen LogP contribution < -0.4 is 4.90 Å². The molecular formula is C34H24N4O5S. The zero-order chi connectivity index (χ0) is 30.5. The fraction of sp³-hybridized carbons (Fsp3) is 0.0882. The molecule has 1 saturated heterocycles. The molecule has 0 aliphatic carbocycles. The molecule has 0 N–H and O–H groups in total. The molecule has 1 fully saturated rings. The molecule has 216 valence electrons. The van der Waals surface area contributed by atoms with E-state index in [2.05, 4.69) is 10.2 Å². The van der Waals surface area contributed by atoms with Crippen LogP contribution in [0.25, 0.3) is 22.5 Å². The van der Waals surface area contributed by atoms with Crippen molar-refractivity contribution in [3.05, 3.63) is 126 Å². The zero-order valence-electron chi connectivity index (χ0n) is 23.2. The molecule has 9 nitrogen and oxygen atoms in total. The number of rotatable bonds is 9. The standard InChI is InChI=1S/C34H24N4O5S/c39-27(22-10-4-1-5-11-22)21-43-33(42)25-16-18-26(19-17-25)38-29(40)20-28(32(38)41)44-34-35-30(23-12-6-2-7-13-23)31(36-37-34)24-14-8-3-9-15-24/h1-19,28H,20-21H2. The van der Waals surface area contributed by atoms with Gasteiger partial charge in [-0.15, -0.1) is 10.2 Å². The number of carbonyl (C=O) groups is 4. The van der Waals surface area contributed by atoms with E-state index < -0.39 is 23.7 Å². The number of amides is 2. The van der Waals surface area contributed by atoms with E-state index in [1.807, 2.05) is 60.7 Å². The Hall–Kier alpha value is -5.48. The molecule has 0 bridgehead atoms. The molecule has 1 aliphatic heterocycles. The van der Waals surface area contributed by atoms with Gasteiger partial charge in [-0.05, 0) is 24.3 Å². The lowest BCUT2D eigenvalue weighted by atomic mass is 10.0. The SMILES string of the molecule is O=C(COC(=O)c1ccc(N2C(=O)CC(Sc3nnc(-c4ccccc4)c(-c4ccccc4)n3)C2=O)cc1)c1ccccc1. The molecule has 10 heteroatoms. The lowest BCUT2D eigenvalue weighted by molar-refractivity contribution is -0.121. The van der Waals surface area contributed by atoms with Gasteiger partial charge in [-0.1, -0.05) is 103 Å². The first kappa shape index (κ1) is 28.6. The summed E-state index contributed by atoms with van der Waals surface area (Å²) in [5.74, 6) is -1.81. The Morgan fingerprint density at radius 3 is 1.95 bits per heavy atom. The number of Topliss-reactive ketones (excluding diaryl/α,β-unsaturated/α-hetero) is 1. The molecule has 1 atom stereocenters. The third kappa shape index (κ3) is 6.16. The minimum Gasteiger partial charge on any atom is -0.454 e. The van der Waals surface area contributed by atoms with Gasteiger partial charge in [0.2, 0.25) is 17.0 Å². The second-order valence-corrected chi connectivity index (χ2v) is 11.0. The fourth-order valence-electron chi connectivity index (χ4n) is 4.71. The van der Waals surface area contributed by atoms with Gasteiger partial charge < -0.3 is 4.74 Å². The molecule has 2 heterocycles. The number of aromatic nitrogens is 3. The number of hydrogen-bond acceptors (Lipinski definition) is 9. The number of ether oxygens (including phenoxy) is 1. The van der Waals surface area contributed by atoms with Crippen LogP contribution in [0.2, 0.25) is 0 Å². The average Bonchev–Trinajstić information content (AvgIpc) is 3.36. The smallest absolute Gasteiger partial charge is 0.338 e. The molecule has 1 unspecified atom stereocenters. The summed E-state index contributed by atoms with van der Waals surface area (Å²) in [6.45, 7) is -0.401. The maximum atomic E-state index is 13.4. The van der Waals surface area contributed by atoms with Crippen molar-refractivity contribution in [3.63, 3.8) is 0 Å². The number of esters is 1. The first-order valence-electron chi connectivity index (χ1n) is 13.7. The molecule has 1 aromatic heterocycles. The Morgan fingerprint density at radius 2 is 1.32 bits per heavy atom. The Bertz CT molecular complexity index is 1840. The number of nitrogens with zero attached hydrogens (tertiary/aromatic N) is 4. The highest BCUT2D eigenvalue weighted by molar-refractivity contribution is 8.00. The fourth-order valence-corrected chi connectivity index (χ4v) is 5.63. The lowest BCUT2D eigenvalue weighted by Crippen LogP contribution is -2.31. The van der Waals surface area contributed by atoms with Crippen LogP contribution >= 0.6 is 11.8 Å². The molecule has 0 radical (unpaired) electrons. The highest BCUT2D eigenvalue weighted by atomic mass is 32.2. The van der Waals surface area contributed by atoms with Gasteiger partial charge in [0.25, 0.3) is 0 Å². The van der Waals surface area contributed by atoms with Gasteiger partial charge >= 0.3 is 5.97 Å². The van der Waals surface area contributed by atoms with Crippen molar-refractivity contribution in [2.24, 2.45) is 0 Å². The molecule has 6 rings (SSSR count). The number of hydrogen-bond donors (Lipinski definition) is 0. The van der Waals surface area contributed by atoms with Gasteiger partial charge in [0.15, 0.2) is 12.4 Å². The Labute approximate surface area is 256 Å². The first-order chi connectivity index (χ1) is 21.5. The maximum Gasteiger partial charge on any atom is 0.338 e. The van der Waals surface area contributed by atoms with Crippen molar-refractivity contribution in [3.8, 4) is 22.5 Å². The number of ketones is 1. The topological polar surface area (TPSA) is 119 Å². The van der Waals surface area contributed by atoms with Gasteiger partial charge in [-0.3, -0.25) is 14.4 Å². The molecule has 5 aromatic rings. The van der Waals surface area contributed by atoms with Crippen LogP contribution in [0.3, 0.4) is 0 Å². The van der Waals surface area contributed by atoms with Crippen molar-refractivity contribution in [1.82, 2.24) is 15.2 Å². The van der Waals surface area contributed by atoms with E-state index in [1.165, 1.54) is 24.3 Å². The molecule has 44 heavy (non-hydrogen) atoms. The van der Waals surface area contributed by atoms with Crippen LogP contribution in [0.4, 0.5) is 5.69 Å². The largest absolute Gasteiger partial charge is 0.454 e. The summed E-state index contributed by atoms with van der Waals surface area (Å²) in [6, 6.07) is 33.6. The third-order valence-electron chi connectivity index (χ3n) is 6.91. The van der Waals surface area contributed by atoms with Crippen LogP contribution in [-0.4, -0.2) is 50.6 Å². The monoisotopic (exact) mass is 600 g/mol. The van der Waals surface area contributed by atoms with Crippen LogP contribution in [0.15, 0.2) is 120 Å². The number of carbonyl (C=O) groups excluding carboxylic acids is 4. The number of anilines is 1. The van der Waals surface area contributed by atoms with E-state index in [0.29, 0.717) is 22.6 Å². The van der Waals surface area contributed by atoms with E-state index in [-0.39, 0.29) is 28.8 Å². The molecular weight excluding hydrogens is 576 g/mol. The lowest BCUT2D eigenvalue weighted by Gasteiger charge is -2.15. The third-order valence-corrected chi connectivity index (χ3v) is 7.94. The second kappa shape index (κ2) is 12.8. The van der Waals surface area contributed by atoms with Gasteiger partial charge in [0, 0.05) is 23.1 Å². The van der Waals surface area contributed by atoms with Gasteiger partial charge in [0.05, 0.1) is 11.3 Å². The van der Waals surface area contributed by atoms with Crippen LogP contribution in [0, 0.1) is 0 Å². The number of benzene rings is 4. The normalized spacial score (nSPS) is 14.5. The maximum absolute atomic E-state index is 13.4. The molecule has 2 amide bonds. The highest BCUT2D eigenvalue weighted by Crippen LogP contribution is 2.35. The van der Waals surface area contributed by atoms with Gasteiger partial charge in [0.1, 0.15) is 16.6 Å². The minimum absolute atomic E-state index is 0.0423. The van der Waals surface area contributed by atoms with Crippen molar-refractivity contribution >= 4 is 41.0 Å². The summed E-state index contributed by atoms with van der Waals surface area (Å²) < 4.78 is 5.15. The molecule has 4 aromatic carbocycles. The first-order valence-corrected chi connectivity index (χ1v) is 14.6. The van der Waals surface area contributed by atoms with Crippen molar-refractivity contribution in [2.75, 3.05) is 11.5 Å². The van der Waals surface area contributed by atoms with E-state index in [1.54, 1.807) is 30.3 Å². The van der Waals surface area contributed by atoms with Crippen LogP contribution in [-0.2, 0) is 14.3 Å². The van der Waals surface area contributed by atoms with Gasteiger partial charge in [-0.25, -0.2) is 14.7 Å². The summed E-state index contributed by atoms with van der Waals surface area (Å²) in [7, 11) is 0. The number of thioether (sulfide) groups is 1. The Morgan fingerprint density at radius 1 is 0.727 bits per heavy atom. The van der Waals surface area contributed by atoms with E-state index >= 15 is 0 Å². The van der Waals surface area contributed by atoms with Gasteiger partial charge in [-0.2, -0.15) is 0 Å². The highest BCUT2D eigenvalue weighted by Gasteiger charge is 2.41. The predicted molar refractivity (Wildman–Crippen MR) is 165 cm³/mol. The quantitative estimate of drug-likeness (QED) is 0.120. The summed E-state index contributed by atoms with van der Waals surface area (Å²) in [6.07, 6.45) is -0.0423. The summed E-state index contributed by atoms with van der Waals surface area (Å²) in [5, 5.41) is 8.27. The van der Waals surface area contributed by atoms with Crippen LogP contribution in [0.1, 0.15) is 27.1 Å². The molecule has 0 spiro atoms. The summed E-state index contributed by atoms with van der Waals surface area (Å²) in [5.41, 5.74) is 3.89. The summed E-state index contributed by atoms with van der Waals surface area (Å²) >= 11 is 1.09. The van der Waals surface area contributed by atoms with E-state index in [4.69, 9.17) is 9.72 Å². The van der Waals surface area contributed by atoms with Crippen LogP contribution in [0.5, 0.6) is 0 Å². The predicted octanol–water partition coefficient (Wildman–Crippen LogP) is 5.67. The van der Waals surface area contributed by atoms with Crippen molar-refractivity contribution in [1.29, 1.82) is 0 Å². The summed E-state index contributed by atoms with van der Waals surface area (Å²) in [4.78, 5) is 56.9. The number of imide groups is 1. The molecule has 0 saturated carbocycles. The van der Waals surface area contributed by atoms with E-state index in [0.717, 1.165) is 27.8 Å². The van der Waals surface area contributed by atoms with Crippen molar-refractivity contribution < 1.29 is 23.9 Å². The second-order valence-electron chi connectivity index (χ2n) is 9.81. The minimum atomic E-state index is -0.746. The van der Waals surface area contributed by atoms with Crippen molar-refractivity contribution in [2.45, 2.75) is 16.8 Å². The van der Waals surface area contributed by atoms with E-state index in [9.17, 15) is 19.2 Å². The zero-order valence-corrected chi connectivity index (χ0v) is 24.0. The average molecular weight is 601 g/mol. The Balaban J connectivity index is 1.15. The Kier molecular flexibility index (Phi) is 8.33. The molecule has 1 aliphatic rings.